The molecule has 0 saturated carbocycles. The maximum Gasteiger partial charge on any atom is 0.251 e. The normalized spacial score (nSPS) is 12.0. The summed E-state index contributed by atoms with van der Waals surface area (Å²) in [6.45, 7) is 10.4. The molecule has 0 aromatic heterocycles. The molecule has 1 amide bonds. The molecule has 8 heteroatoms. The van der Waals surface area contributed by atoms with Gasteiger partial charge in [0.25, 0.3) is 5.91 Å². The molecule has 0 atom stereocenters. The third-order valence-corrected chi connectivity index (χ3v) is 6.97. The van der Waals surface area contributed by atoms with Gasteiger partial charge in [-0.25, -0.2) is 8.42 Å². The first-order chi connectivity index (χ1) is 11.6. The third kappa shape index (κ3) is 5.67. The molecule has 1 aromatic carbocycles. The number of halogens is 1. The Kier molecular flexibility index (Phi) is 9.80. The maximum absolute atomic E-state index is 12.8. The van der Waals surface area contributed by atoms with E-state index in [1.165, 1.54) is 10.4 Å². The van der Waals surface area contributed by atoms with Crippen LogP contribution in [-0.2, 0) is 10.0 Å². The van der Waals surface area contributed by atoms with Crippen LogP contribution in [0.25, 0.3) is 0 Å². The quantitative estimate of drug-likeness (QED) is 0.660. The van der Waals surface area contributed by atoms with Crippen LogP contribution in [-0.4, -0.2) is 43.8 Å². The second kappa shape index (κ2) is 10.3. The fourth-order valence-corrected chi connectivity index (χ4v) is 4.29. The zero-order valence-corrected chi connectivity index (χ0v) is 18.0. The second-order valence-corrected chi connectivity index (χ2v) is 8.23. The van der Waals surface area contributed by atoms with Crippen LogP contribution in [0.3, 0.4) is 0 Å². The van der Waals surface area contributed by atoms with Crippen LogP contribution in [0.2, 0.25) is 0 Å². The Morgan fingerprint density at radius 2 is 1.69 bits per heavy atom. The second-order valence-electron chi connectivity index (χ2n) is 6.32. The number of benzene rings is 1. The van der Waals surface area contributed by atoms with Crippen LogP contribution >= 0.6 is 12.4 Å². The van der Waals surface area contributed by atoms with E-state index in [0.29, 0.717) is 30.8 Å². The summed E-state index contributed by atoms with van der Waals surface area (Å²) in [5, 5.41) is 2.82. The Labute approximate surface area is 164 Å². The monoisotopic (exact) mass is 405 g/mol. The lowest BCUT2D eigenvalue weighted by Crippen LogP contribution is -2.49. The Balaban J connectivity index is 0.00000625. The van der Waals surface area contributed by atoms with Gasteiger partial charge >= 0.3 is 0 Å². The molecule has 0 aliphatic heterocycles. The first-order valence-corrected chi connectivity index (χ1v) is 10.3. The minimum absolute atomic E-state index is 0. The average molecular weight is 406 g/mol. The molecule has 0 bridgehead atoms. The summed E-state index contributed by atoms with van der Waals surface area (Å²) in [5.41, 5.74) is 6.71. The van der Waals surface area contributed by atoms with Crippen LogP contribution in [0.15, 0.2) is 23.1 Å². The number of nitrogens with zero attached hydrogens (tertiary/aromatic N) is 1. The molecule has 0 heterocycles. The molecule has 150 valence electrons. The van der Waals surface area contributed by atoms with Crippen LogP contribution in [0, 0.1) is 6.92 Å². The van der Waals surface area contributed by atoms with Gasteiger partial charge in [-0.15, -0.1) is 12.4 Å². The lowest BCUT2D eigenvalue weighted by Gasteiger charge is -2.27. The molecule has 0 unspecified atom stereocenters. The van der Waals surface area contributed by atoms with Gasteiger partial charge in [0, 0.05) is 30.7 Å². The predicted octanol–water partition coefficient (Wildman–Crippen LogP) is 2.69. The molecular formula is C18H32ClN3O3S. The highest BCUT2D eigenvalue weighted by Crippen LogP contribution is 2.21. The van der Waals surface area contributed by atoms with Gasteiger partial charge in [-0.3, -0.25) is 4.79 Å². The maximum atomic E-state index is 12.8. The van der Waals surface area contributed by atoms with Crippen LogP contribution in [0.1, 0.15) is 56.5 Å². The van der Waals surface area contributed by atoms with E-state index < -0.39 is 15.6 Å². The summed E-state index contributed by atoms with van der Waals surface area (Å²) in [7, 11) is -3.61. The van der Waals surface area contributed by atoms with Crippen molar-refractivity contribution >= 4 is 28.3 Å². The number of amides is 1. The van der Waals surface area contributed by atoms with E-state index in [2.05, 4.69) is 5.32 Å². The minimum Gasteiger partial charge on any atom is -0.350 e. The number of aryl methyl sites for hydroxylation is 1. The first kappa shape index (κ1) is 24.8. The fourth-order valence-electron chi connectivity index (χ4n) is 2.58. The number of rotatable bonds is 9. The van der Waals surface area contributed by atoms with E-state index in [1.54, 1.807) is 32.9 Å². The number of hydrogen-bond donors (Lipinski definition) is 2. The van der Waals surface area contributed by atoms with E-state index in [0.717, 1.165) is 12.8 Å². The molecule has 0 saturated heterocycles. The Hall–Kier alpha value is -1.15. The SMILES string of the molecule is CCN(CC)S(=O)(=O)c1cc(C(=O)NCC(N)(CC)CC)ccc1C.Cl. The van der Waals surface area contributed by atoms with Crippen LogP contribution < -0.4 is 11.1 Å². The van der Waals surface area contributed by atoms with Crippen molar-refractivity contribution in [3.05, 3.63) is 29.3 Å². The summed E-state index contributed by atoms with van der Waals surface area (Å²) in [5.74, 6) is -0.312. The van der Waals surface area contributed by atoms with Crippen LogP contribution in [0.4, 0.5) is 0 Å². The van der Waals surface area contributed by atoms with Crippen molar-refractivity contribution < 1.29 is 13.2 Å². The number of nitrogens with one attached hydrogen (secondary N) is 1. The van der Waals surface area contributed by atoms with Gasteiger partial charge in [0.15, 0.2) is 0 Å². The van der Waals surface area contributed by atoms with Gasteiger partial charge in [-0.05, 0) is 37.5 Å². The van der Waals surface area contributed by atoms with Gasteiger partial charge in [-0.1, -0.05) is 33.8 Å². The van der Waals surface area contributed by atoms with Gasteiger partial charge in [-0.2, -0.15) is 4.31 Å². The van der Waals surface area contributed by atoms with Crippen molar-refractivity contribution in [2.24, 2.45) is 5.73 Å². The summed E-state index contributed by atoms with van der Waals surface area (Å²) >= 11 is 0. The van der Waals surface area contributed by atoms with Crippen molar-refractivity contribution in [1.29, 1.82) is 0 Å². The van der Waals surface area contributed by atoms with E-state index >= 15 is 0 Å². The van der Waals surface area contributed by atoms with Gasteiger partial charge < -0.3 is 11.1 Å². The standard InChI is InChI=1S/C18H31N3O3S.ClH/c1-6-18(19,7-2)13-20-17(22)15-11-10-14(5)16(12-15)25(23,24)21(8-3)9-4;/h10-12H,6-9,13,19H2,1-5H3,(H,20,22);1H. The zero-order valence-electron chi connectivity index (χ0n) is 16.3. The van der Waals surface area contributed by atoms with E-state index in [1.807, 2.05) is 13.8 Å². The Morgan fingerprint density at radius 1 is 1.15 bits per heavy atom. The summed E-state index contributed by atoms with van der Waals surface area (Å²) in [6, 6.07) is 4.76. The molecule has 0 aliphatic carbocycles. The lowest BCUT2D eigenvalue weighted by atomic mass is 9.94. The summed E-state index contributed by atoms with van der Waals surface area (Å²) in [6.07, 6.45) is 1.50. The Morgan fingerprint density at radius 3 is 2.15 bits per heavy atom. The number of carbonyl (C=O) groups excluding carboxylic acids is 1. The summed E-state index contributed by atoms with van der Waals surface area (Å²) in [4.78, 5) is 12.6. The molecule has 1 aromatic rings. The van der Waals surface area contributed by atoms with Gasteiger partial charge in [0.2, 0.25) is 10.0 Å². The van der Waals surface area contributed by atoms with Gasteiger partial charge in [0.05, 0.1) is 4.90 Å². The number of sulfonamides is 1. The fraction of sp³-hybridized carbons (Fsp3) is 0.611. The molecular weight excluding hydrogens is 374 g/mol. The van der Waals surface area contributed by atoms with Crippen molar-refractivity contribution in [2.45, 2.75) is 57.9 Å². The Bertz CT molecular complexity index is 700. The number of nitrogens with two attached hydrogens (primary N) is 1. The average Bonchev–Trinajstić information content (AvgIpc) is 2.60. The summed E-state index contributed by atoms with van der Waals surface area (Å²) < 4.78 is 26.9. The molecule has 1 rings (SSSR count). The molecule has 0 radical (unpaired) electrons. The van der Waals surface area contributed by atoms with E-state index in [4.69, 9.17) is 5.73 Å². The highest BCUT2D eigenvalue weighted by molar-refractivity contribution is 7.89. The van der Waals surface area contributed by atoms with Crippen molar-refractivity contribution in [1.82, 2.24) is 9.62 Å². The highest BCUT2D eigenvalue weighted by atomic mass is 35.5. The van der Waals surface area contributed by atoms with Crippen molar-refractivity contribution in [2.75, 3.05) is 19.6 Å². The minimum atomic E-state index is -3.61. The topological polar surface area (TPSA) is 92.5 Å². The molecule has 0 spiro atoms. The van der Waals surface area contributed by atoms with E-state index in [-0.39, 0.29) is 23.2 Å². The highest BCUT2D eigenvalue weighted by Gasteiger charge is 2.25. The molecule has 0 fully saturated rings. The van der Waals surface area contributed by atoms with Gasteiger partial charge in [0.1, 0.15) is 0 Å². The smallest absolute Gasteiger partial charge is 0.251 e. The lowest BCUT2D eigenvalue weighted by molar-refractivity contribution is 0.0942. The molecule has 3 N–H and O–H groups in total. The molecule has 6 nitrogen and oxygen atoms in total. The first-order valence-electron chi connectivity index (χ1n) is 8.83. The number of hydrogen-bond acceptors (Lipinski definition) is 4. The molecule has 0 aliphatic rings. The van der Waals surface area contributed by atoms with Crippen LogP contribution in [0.5, 0.6) is 0 Å². The zero-order chi connectivity index (χ0) is 19.3. The largest absolute Gasteiger partial charge is 0.350 e. The predicted molar refractivity (Wildman–Crippen MR) is 108 cm³/mol. The number of carbonyl (C=O) groups is 1. The van der Waals surface area contributed by atoms with Crippen molar-refractivity contribution in [3.63, 3.8) is 0 Å². The van der Waals surface area contributed by atoms with E-state index in [9.17, 15) is 13.2 Å². The third-order valence-electron chi connectivity index (χ3n) is 4.78. The van der Waals surface area contributed by atoms with Crippen molar-refractivity contribution in [3.8, 4) is 0 Å². The molecule has 26 heavy (non-hydrogen) atoms.